The Balaban J connectivity index is 1.62. The Labute approximate surface area is 147 Å². The highest BCUT2D eigenvalue weighted by molar-refractivity contribution is 5.78. The highest BCUT2D eigenvalue weighted by Gasteiger charge is 2.24. The lowest BCUT2D eigenvalue weighted by Crippen LogP contribution is -2.44. The highest BCUT2D eigenvalue weighted by Crippen LogP contribution is 2.21. The number of hydrogen-bond donors (Lipinski definition) is 1. The van der Waals surface area contributed by atoms with E-state index in [9.17, 15) is 9.18 Å². The maximum absolute atomic E-state index is 13.0. The van der Waals surface area contributed by atoms with E-state index in [0.717, 1.165) is 18.7 Å². The molecule has 0 aliphatic carbocycles. The van der Waals surface area contributed by atoms with Crippen LogP contribution in [0, 0.1) is 5.82 Å². The second-order valence-electron chi connectivity index (χ2n) is 6.32. The maximum atomic E-state index is 13.0. The third-order valence-electron chi connectivity index (χ3n) is 4.58. The quantitative estimate of drug-likeness (QED) is 0.870. The summed E-state index contributed by atoms with van der Waals surface area (Å²) < 4.78 is 20.5. The highest BCUT2D eigenvalue weighted by atomic mass is 19.1. The molecule has 6 heteroatoms. The molecule has 1 aliphatic heterocycles. The van der Waals surface area contributed by atoms with Gasteiger partial charge in [0.2, 0.25) is 5.91 Å². The third kappa shape index (κ3) is 4.67. The van der Waals surface area contributed by atoms with Crippen LogP contribution in [-0.2, 0) is 23.0 Å². The van der Waals surface area contributed by atoms with Crippen molar-refractivity contribution >= 4 is 5.91 Å². The van der Waals surface area contributed by atoms with E-state index in [2.05, 4.69) is 20.9 Å². The van der Waals surface area contributed by atoms with Crippen LogP contribution >= 0.6 is 0 Å². The largest absolute Gasteiger partial charge is 0.379 e. The van der Waals surface area contributed by atoms with Gasteiger partial charge < -0.3 is 14.6 Å². The number of amides is 1. The van der Waals surface area contributed by atoms with Crippen molar-refractivity contribution in [1.82, 2.24) is 14.8 Å². The molecule has 5 nitrogen and oxygen atoms in total. The van der Waals surface area contributed by atoms with Crippen molar-refractivity contribution in [2.24, 2.45) is 7.05 Å². The van der Waals surface area contributed by atoms with Crippen molar-refractivity contribution < 1.29 is 13.9 Å². The molecule has 1 aromatic carbocycles. The van der Waals surface area contributed by atoms with Gasteiger partial charge in [-0.25, -0.2) is 4.39 Å². The fourth-order valence-corrected chi connectivity index (χ4v) is 3.19. The van der Waals surface area contributed by atoms with E-state index in [4.69, 9.17) is 4.74 Å². The Morgan fingerprint density at radius 1 is 1.24 bits per heavy atom. The van der Waals surface area contributed by atoms with E-state index in [1.165, 1.54) is 17.8 Å². The van der Waals surface area contributed by atoms with E-state index in [1.54, 1.807) is 12.1 Å². The van der Waals surface area contributed by atoms with Crippen LogP contribution in [0.2, 0.25) is 0 Å². The van der Waals surface area contributed by atoms with Gasteiger partial charge in [-0.05, 0) is 29.8 Å². The molecular weight excluding hydrogens is 321 g/mol. The topological polar surface area (TPSA) is 46.5 Å². The van der Waals surface area contributed by atoms with Crippen molar-refractivity contribution in [1.29, 1.82) is 0 Å². The van der Waals surface area contributed by atoms with Gasteiger partial charge >= 0.3 is 0 Å². The zero-order valence-electron chi connectivity index (χ0n) is 14.5. The molecule has 0 spiro atoms. The predicted octanol–water partition coefficient (Wildman–Crippen LogP) is 1.90. The summed E-state index contributed by atoms with van der Waals surface area (Å²) in [6.45, 7) is 3.67. The fourth-order valence-electron chi connectivity index (χ4n) is 3.19. The molecule has 134 valence electrons. The summed E-state index contributed by atoms with van der Waals surface area (Å²) in [7, 11) is 2.02. The minimum atomic E-state index is -0.291. The Morgan fingerprint density at radius 3 is 2.60 bits per heavy atom. The molecule has 1 atom stereocenters. The van der Waals surface area contributed by atoms with Crippen molar-refractivity contribution in [2.45, 2.75) is 12.5 Å². The number of carbonyl (C=O) groups excluding carboxylic acids is 1. The molecule has 1 saturated heterocycles. The number of benzene rings is 1. The average Bonchev–Trinajstić information content (AvgIpc) is 3.04. The number of morpholine rings is 1. The van der Waals surface area contributed by atoms with Crippen LogP contribution < -0.4 is 5.32 Å². The molecule has 25 heavy (non-hydrogen) atoms. The molecular formula is C19H24FN3O2. The Bertz CT molecular complexity index is 693. The number of hydrogen-bond acceptors (Lipinski definition) is 3. The van der Waals surface area contributed by atoms with Gasteiger partial charge in [-0.15, -0.1) is 0 Å². The first kappa shape index (κ1) is 17.6. The van der Waals surface area contributed by atoms with Crippen LogP contribution in [0.25, 0.3) is 0 Å². The predicted molar refractivity (Wildman–Crippen MR) is 93.7 cm³/mol. The van der Waals surface area contributed by atoms with Crippen molar-refractivity contribution in [3.8, 4) is 0 Å². The van der Waals surface area contributed by atoms with E-state index in [1.807, 2.05) is 19.3 Å². The third-order valence-corrected chi connectivity index (χ3v) is 4.58. The number of aryl methyl sites for hydroxylation is 1. The fraction of sp³-hybridized carbons (Fsp3) is 0.421. The molecule has 2 heterocycles. The van der Waals surface area contributed by atoms with Gasteiger partial charge in [0.15, 0.2) is 0 Å². The SMILES string of the molecule is Cn1cccc1[C@@H](CNC(=O)Cc1ccc(F)cc1)N1CCOCC1. The minimum Gasteiger partial charge on any atom is -0.379 e. The summed E-state index contributed by atoms with van der Waals surface area (Å²) in [5.74, 6) is -0.348. The summed E-state index contributed by atoms with van der Waals surface area (Å²) in [6.07, 6.45) is 2.27. The number of rotatable bonds is 6. The number of ether oxygens (including phenoxy) is 1. The van der Waals surface area contributed by atoms with E-state index >= 15 is 0 Å². The molecule has 3 rings (SSSR count). The van der Waals surface area contributed by atoms with Crippen LogP contribution in [0.4, 0.5) is 4.39 Å². The smallest absolute Gasteiger partial charge is 0.224 e. The normalized spacial score (nSPS) is 16.6. The van der Waals surface area contributed by atoms with E-state index in [0.29, 0.717) is 19.8 Å². The van der Waals surface area contributed by atoms with E-state index < -0.39 is 0 Å². The maximum Gasteiger partial charge on any atom is 0.224 e. The molecule has 0 radical (unpaired) electrons. The van der Waals surface area contributed by atoms with Gasteiger partial charge in [-0.1, -0.05) is 12.1 Å². The average molecular weight is 345 g/mol. The number of aromatic nitrogens is 1. The summed E-state index contributed by atoms with van der Waals surface area (Å²) in [4.78, 5) is 14.6. The van der Waals surface area contributed by atoms with Gasteiger partial charge in [0.05, 0.1) is 25.7 Å². The van der Waals surface area contributed by atoms with Crippen molar-refractivity contribution in [2.75, 3.05) is 32.8 Å². The lowest BCUT2D eigenvalue weighted by Gasteiger charge is -2.35. The van der Waals surface area contributed by atoms with Gasteiger partial charge in [0.1, 0.15) is 5.82 Å². The Kier molecular flexibility index (Phi) is 5.83. The van der Waals surface area contributed by atoms with Gasteiger partial charge in [-0.3, -0.25) is 9.69 Å². The van der Waals surface area contributed by atoms with Crippen LogP contribution in [0.1, 0.15) is 17.3 Å². The number of nitrogens with one attached hydrogen (secondary N) is 1. The second kappa shape index (κ2) is 8.27. The van der Waals surface area contributed by atoms with Crippen LogP contribution in [0.3, 0.4) is 0 Å². The van der Waals surface area contributed by atoms with Crippen molar-refractivity contribution in [3.05, 3.63) is 59.7 Å². The summed E-state index contributed by atoms with van der Waals surface area (Å²) in [6, 6.07) is 10.3. The number of carbonyl (C=O) groups is 1. The summed E-state index contributed by atoms with van der Waals surface area (Å²) in [5, 5.41) is 3.03. The Hall–Kier alpha value is -2.18. The molecule has 1 aliphatic rings. The monoisotopic (exact) mass is 345 g/mol. The van der Waals surface area contributed by atoms with Gasteiger partial charge in [0, 0.05) is 38.6 Å². The molecule has 0 saturated carbocycles. The first-order valence-corrected chi connectivity index (χ1v) is 8.57. The lowest BCUT2D eigenvalue weighted by atomic mass is 10.1. The van der Waals surface area contributed by atoms with E-state index in [-0.39, 0.29) is 24.2 Å². The molecule has 0 bridgehead atoms. The minimum absolute atomic E-state index is 0.0564. The van der Waals surface area contributed by atoms with Gasteiger partial charge in [0.25, 0.3) is 0 Å². The first-order valence-electron chi connectivity index (χ1n) is 8.57. The summed E-state index contributed by atoms with van der Waals surface area (Å²) in [5.41, 5.74) is 1.98. The van der Waals surface area contributed by atoms with Gasteiger partial charge in [-0.2, -0.15) is 0 Å². The standard InChI is InChI=1S/C19H24FN3O2/c1-22-8-2-3-17(22)18(23-9-11-25-12-10-23)14-21-19(24)13-15-4-6-16(20)7-5-15/h2-8,18H,9-14H2,1H3,(H,21,24)/t18-/m1/s1. The zero-order valence-corrected chi connectivity index (χ0v) is 14.5. The molecule has 1 N–H and O–H groups in total. The van der Waals surface area contributed by atoms with Crippen LogP contribution in [-0.4, -0.2) is 48.2 Å². The molecule has 2 aromatic rings. The number of halogens is 1. The molecule has 1 fully saturated rings. The molecule has 1 aromatic heterocycles. The zero-order chi connectivity index (χ0) is 17.6. The molecule has 0 unspecified atom stereocenters. The van der Waals surface area contributed by atoms with Crippen molar-refractivity contribution in [3.63, 3.8) is 0 Å². The van der Waals surface area contributed by atoms with Crippen LogP contribution in [0.15, 0.2) is 42.6 Å². The van der Waals surface area contributed by atoms with Crippen LogP contribution in [0.5, 0.6) is 0 Å². The first-order chi connectivity index (χ1) is 12.1. The number of nitrogens with zero attached hydrogens (tertiary/aromatic N) is 2. The Morgan fingerprint density at radius 2 is 1.96 bits per heavy atom. The second-order valence-corrected chi connectivity index (χ2v) is 6.32. The summed E-state index contributed by atoms with van der Waals surface area (Å²) >= 11 is 0. The molecule has 1 amide bonds. The lowest BCUT2D eigenvalue weighted by molar-refractivity contribution is -0.120.